The molecule has 0 saturated heterocycles. The van der Waals surface area contributed by atoms with Gasteiger partial charge in [-0.05, 0) is 35.4 Å². The molecule has 7 heteroatoms. The predicted octanol–water partition coefficient (Wildman–Crippen LogP) is 2.46. The monoisotopic (exact) mass is 420 g/mol. The molecular weight excluding hydrogens is 388 g/mol. The number of aliphatic hydroxyl groups is 2. The third-order valence-electron chi connectivity index (χ3n) is 4.75. The summed E-state index contributed by atoms with van der Waals surface area (Å²) in [6, 6.07) is 14.9. The number of phenolic OH excluding ortho intramolecular Hbond substituents is 1. The topological polar surface area (TPSA) is 97.6 Å². The highest BCUT2D eigenvalue weighted by molar-refractivity contribution is 5.41. The average Bonchev–Trinajstić information content (AvgIpc) is 2.73. The zero-order valence-electron chi connectivity index (χ0n) is 17.8. The van der Waals surface area contributed by atoms with Crippen molar-refractivity contribution in [2.24, 2.45) is 0 Å². The summed E-state index contributed by atoms with van der Waals surface area (Å²) in [5.74, 6) is 0.898. The second kappa shape index (κ2) is 11.9. The van der Waals surface area contributed by atoms with Crippen LogP contribution in [-0.2, 0) is 19.6 Å². The Morgan fingerprint density at radius 2 is 1.27 bits per heavy atom. The molecule has 2 aromatic rings. The van der Waals surface area contributed by atoms with E-state index in [1.807, 2.05) is 36.4 Å². The van der Waals surface area contributed by atoms with Crippen LogP contribution in [0.5, 0.6) is 11.5 Å². The van der Waals surface area contributed by atoms with Crippen LogP contribution in [0.3, 0.4) is 0 Å². The first kappa shape index (κ1) is 24.1. The van der Waals surface area contributed by atoms with Crippen molar-refractivity contribution < 1.29 is 34.3 Å². The highest BCUT2D eigenvalue weighted by atomic mass is 16.7. The van der Waals surface area contributed by atoms with E-state index in [4.69, 9.17) is 18.9 Å². The van der Waals surface area contributed by atoms with Crippen molar-refractivity contribution in [3.05, 3.63) is 59.7 Å². The molecule has 0 bridgehead atoms. The van der Waals surface area contributed by atoms with Crippen LogP contribution in [0.15, 0.2) is 48.5 Å². The first-order valence-electron chi connectivity index (χ1n) is 9.86. The third-order valence-corrected chi connectivity index (χ3v) is 4.75. The minimum atomic E-state index is -0.800. The number of methoxy groups -OCH3 is 1. The largest absolute Gasteiger partial charge is 0.508 e. The molecule has 0 aliphatic heterocycles. The van der Waals surface area contributed by atoms with E-state index in [9.17, 15) is 15.3 Å². The van der Waals surface area contributed by atoms with Crippen molar-refractivity contribution in [3.63, 3.8) is 0 Å². The molecule has 7 nitrogen and oxygen atoms in total. The molecule has 3 N–H and O–H groups in total. The first-order valence-corrected chi connectivity index (χ1v) is 9.86. The van der Waals surface area contributed by atoms with Crippen LogP contribution in [-0.4, -0.2) is 67.9 Å². The highest BCUT2D eigenvalue weighted by Crippen LogP contribution is 2.33. The van der Waals surface area contributed by atoms with Gasteiger partial charge in [-0.25, -0.2) is 0 Å². The van der Waals surface area contributed by atoms with Crippen LogP contribution in [0.1, 0.15) is 25.0 Å². The Labute approximate surface area is 177 Å². The molecule has 0 fully saturated rings. The minimum Gasteiger partial charge on any atom is -0.508 e. The maximum Gasteiger partial charge on any atom is 0.146 e. The van der Waals surface area contributed by atoms with E-state index in [1.165, 1.54) is 7.11 Å². The smallest absolute Gasteiger partial charge is 0.146 e. The summed E-state index contributed by atoms with van der Waals surface area (Å²) in [5.41, 5.74) is 1.98. The number of ether oxygens (including phenoxy) is 4. The fraction of sp³-hybridized carbons (Fsp3) is 0.478. The van der Waals surface area contributed by atoms with Gasteiger partial charge in [0.1, 0.15) is 37.1 Å². The number of aliphatic hydroxyl groups excluding tert-OH is 2. The van der Waals surface area contributed by atoms with Crippen LogP contribution in [0, 0.1) is 0 Å². The van der Waals surface area contributed by atoms with Crippen LogP contribution >= 0.6 is 0 Å². The molecular formula is C23H32O7. The molecule has 0 amide bonds. The molecule has 2 aromatic carbocycles. The normalized spacial score (nSPS) is 13.8. The van der Waals surface area contributed by atoms with E-state index in [2.05, 4.69) is 13.8 Å². The Morgan fingerprint density at radius 3 is 1.80 bits per heavy atom. The molecule has 0 aromatic heterocycles. The zero-order chi connectivity index (χ0) is 22.0. The van der Waals surface area contributed by atoms with Gasteiger partial charge >= 0.3 is 0 Å². The Balaban J connectivity index is 1.74. The molecule has 2 rings (SSSR count). The van der Waals surface area contributed by atoms with Crippen LogP contribution < -0.4 is 4.74 Å². The lowest BCUT2D eigenvalue weighted by Gasteiger charge is -2.26. The van der Waals surface area contributed by atoms with Crippen molar-refractivity contribution >= 4 is 0 Å². The van der Waals surface area contributed by atoms with Gasteiger partial charge in [0.15, 0.2) is 0 Å². The summed E-state index contributed by atoms with van der Waals surface area (Å²) in [5, 5.41) is 28.9. The van der Waals surface area contributed by atoms with Gasteiger partial charge in [-0.3, -0.25) is 0 Å². The summed E-state index contributed by atoms with van der Waals surface area (Å²) in [6.45, 7) is 4.66. The Kier molecular flexibility index (Phi) is 9.55. The quantitative estimate of drug-likeness (QED) is 0.338. The predicted molar refractivity (Wildman–Crippen MR) is 113 cm³/mol. The molecule has 0 aliphatic rings. The summed E-state index contributed by atoms with van der Waals surface area (Å²) in [7, 11) is 1.50. The molecule has 0 aliphatic carbocycles. The Hall–Kier alpha value is -2.16. The zero-order valence-corrected chi connectivity index (χ0v) is 17.8. The van der Waals surface area contributed by atoms with Crippen LogP contribution in [0.25, 0.3) is 0 Å². The van der Waals surface area contributed by atoms with E-state index >= 15 is 0 Å². The number of hydrogen-bond acceptors (Lipinski definition) is 7. The summed E-state index contributed by atoms with van der Waals surface area (Å²) in [6.07, 6.45) is -1.50. The molecule has 166 valence electrons. The van der Waals surface area contributed by atoms with E-state index in [1.54, 1.807) is 12.1 Å². The lowest BCUT2D eigenvalue weighted by atomic mass is 9.78. The summed E-state index contributed by atoms with van der Waals surface area (Å²) < 4.78 is 20.8. The minimum absolute atomic E-state index is 0.0289. The van der Waals surface area contributed by atoms with Crippen molar-refractivity contribution in [1.82, 2.24) is 0 Å². The second-order valence-electron chi connectivity index (χ2n) is 7.63. The fourth-order valence-electron chi connectivity index (χ4n) is 2.92. The maximum atomic E-state index is 9.96. The van der Waals surface area contributed by atoms with Crippen molar-refractivity contribution in [3.8, 4) is 11.5 Å². The molecule has 2 atom stereocenters. The molecule has 0 spiro atoms. The van der Waals surface area contributed by atoms with Crippen molar-refractivity contribution in [1.29, 1.82) is 0 Å². The first-order chi connectivity index (χ1) is 14.3. The van der Waals surface area contributed by atoms with Gasteiger partial charge in [0.05, 0.1) is 19.8 Å². The molecule has 2 unspecified atom stereocenters. The van der Waals surface area contributed by atoms with Gasteiger partial charge < -0.3 is 34.3 Å². The second-order valence-corrected chi connectivity index (χ2v) is 7.63. The van der Waals surface area contributed by atoms with Crippen LogP contribution in [0.4, 0.5) is 0 Å². The van der Waals surface area contributed by atoms with Gasteiger partial charge in [-0.15, -0.1) is 0 Å². The maximum absolute atomic E-state index is 9.96. The number of aromatic hydroxyl groups is 1. The molecule has 0 heterocycles. The number of benzene rings is 2. The van der Waals surface area contributed by atoms with Crippen molar-refractivity contribution in [2.75, 3.05) is 40.3 Å². The number of rotatable bonds is 13. The third kappa shape index (κ3) is 7.59. The summed E-state index contributed by atoms with van der Waals surface area (Å²) >= 11 is 0. The lowest BCUT2D eigenvalue weighted by Crippen LogP contribution is -2.26. The van der Waals surface area contributed by atoms with Gasteiger partial charge in [0.2, 0.25) is 0 Å². The molecule has 0 saturated carbocycles. The van der Waals surface area contributed by atoms with Crippen molar-refractivity contribution in [2.45, 2.75) is 31.5 Å². The summed E-state index contributed by atoms with van der Waals surface area (Å²) in [4.78, 5) is 0. The van der Waals surface area contributed by atoms with Gasteiger partial charge in [-0.2, -0.15) is 0 Å². The standard InChI is InChI=1S/C23H32O7/c1-23(2,17-4-8-19(24)9-5-17)18-6-10-22(11-7-18)30-15-21(26)14-29-16-28-13-20(25)12-27-3/h4-11,20-21,24-26H,12-16H2,1-3H3. The van der Waals surface area contributed by atoms with E-state index in [0.29, 0.717) is 5.75 Å². The van der Waals surface area contributed by atoms with Gasteiger partial charge in [0, 0.05) is 12.5 Å². The van der Waals surface area contributed by atoms with E-state index in [-0.39, 0.29) is 44.4 Å². The van der Waals surface area contributed by atoms with Gasteiger partial charge in [-0.1, -0.05) is 38.1 Å². The Morgan fingerprint density at radius 1 is 0.767 bits per heavy atom. The number of hydrogen-bond donors (Lipinski definition) is 3. The average molecular weight is 421 g/mol. The SMILES string of the molecule is COCC(O)COCOCC(O)COc1ccc(C(C)(C)c2ccc(O)cc2)cc1. The van der Waals surface area contributed by atoms with Crippen LogP contribution in [0.2, 0.25) is 0 Å². The van der Waals surface area contributed by atoms with E-state index in [0.717, 1.165) is 11.1 Å². The van der Waals surface area contributed by atoms with Gasteiger partial charge in [0.25, 0.3) is 0 Å². The highest BCUT2D eigenvalue weighted by Gasteiger charge is 2.23. The molecule has 30 heavy (non-hydrogen) atoms. The van der Waals surface area contributed by atoms with E-state index < -0.39 is 12.2 Å². The fourth-order valence-corrected chi connectivity index (χ4v) is 2.92. The Bertz CT molecular complexity index is 728. The lowest BCUT2D eigenvalue weighted by molar-refractivity contribution is -0.107. The molecule has 0 radical (unpaired) electrons. The number of phenols is 1.